The van der Waals surface area contributed by atoms with Gasteiger partial charge in [0.15, 0.2) is 17.1 Å². The van der Waals surface area contributed by atoms with Gasteiger partial charge in [0.05, 0.1) is 6.10 Å². The minimum absolute atomic E-state index is 0.0350. The number of allylic oxidation sites excluding steroid dienone is 4. The highest BCUT2D eigenvalue weighted by Gasteiger charge is 2.78. The number of alkyl halides is 3. The molecule has 0 aliphatic heterocycles. The van der Waals surface area contributed by atoms with Gasteiger partial charge in [-0.1, -0.05) is 26.8 Å². The summed E-state index contributed by atoms with van der Waals surface area (Å²) in [7, 11) is 0. The number of fused-ring (bicyclic) bond motifs is 5. The maximum absolute atomic E-state index is 17.4. The summed E-state index contributed by atoms with van der Waals surface area (Å²) in [6.07, 6.45) is -4.77. The molecule has 4 aliphatic carbocycles. The van der Waals surface area contributed by atoms with Gasteiger partial charge < -0.3 is 9.84 Å². The van der Waals surface area contributed by atoms with Crippen molar-refractivity contribution < 1.29 is 44.3 Å². The van der Waals surface area contributed by atoms with Crippen LogP contribution in [0.3, 0.4) is 0 Å². The van der Waals surface area contributed by atoms with E-state index in [1.54, 1.807) is 0 Å². The SMILES string of the molecule is [2H]C([2H])([2H])C([2H])([2H])C(=O)O[C@]1(C(=O)SCF)[C@H](C)CC2C3C[C@H](F)C4=CC(=O)C=C[C@]4(C)[C@@]3(F)[C@@H](O)C[C@@]21C. The summed E-state index contributed by atoms with van der Waals surface area (Å²) < 4.78 is 90.0. The lowest BCUT2D eigenvalue weighted by Gasteiger charge is -2.63. The Bertz CT molecular complexity index is 1160. The van der Waals surface area contributed by atoms with Crippen molar-refractivity contribution in [1.29, 1.82) is 0 Å². The van der Waals surface area contributed by atoms with Gasteiger partial charge in [0.2, 0.25) is 5.12 Å². The molecule has 0 bridgehead atoms. The van der Waals surface area contributed by atoms with E-state index in [1.165, 1.54) is 26.8 Å². The Kier molecular flexibility index (Phi) is 4.73. The van der Waals surface area contributed by atoms with E-state index >= 15 is 8.78 Å². The third-order valence-electron chi connectivity index (χ3n) is 9.01. The number of aliphatic hydroxyl groups excluding tert-OH is 1. The lowest BCUT2D eigenvalue weighted by molar-refractivity contribution is -0.228. The zero-order valence-electron chi connectivity index (χ0n) is 24.1. The summed E-state index contributed by atoms with van der Waals surface area (Å²) in [5.74, 6) is -5.53. The van der Waals surface area contributed by atoms with E-state index in [2.05, 4.69) is 0 Å². The number of carbonyl (C=O) groups is 3. The maximum Gasteiger partial charge on any atom is 0.306 e. The average Bonchev–Trinajstić information content (AvgIpc) is 3.03. The molecule has 0 spiro atoms. The molecule has 0 saturated heterocycles. The van der Waals surface area contributed by atoms with Gasteiger partial charge >= 0.3 is 5.97 Å². The molecule has 3 saturated carbocycles. The molecule has 4 rings (SSSR count). The highest BCUT2D eigenvalue weighted by Crippen LogP contribution is 2.72. The molecule has 0 amide bonds. The number of hydrogen-bond donors (Lipinski definition) is 1. The second-order valence-electron chi connectivity index (χ2n) is 10.3. The highest BCUT2D eigenvalue weighted by molar-refractivity contribution is 8.13. The number of carbonyl (C=O) groups excluding carboxylic acids is 3. The molecule has 3 fully saturated rings. The van der Waals surface area contributed by atoms with Gasteiger partial charge in [-0.05, 0) is 61.6 Å². The van der Waals surface area contributed by atoms with Crippen LogP contribution in [0.4, 0.5) is 13.2 Å². The third kappa shape index (κ3) is 3.01. The fourth-order valence-electron chi connectivity index (χ4n) is 7.55. The molecule has 5 nitrogen and oxygen atoms in total. The molecule has 0 aromatic rings. The fraction of sp³-hybridized carbons (Fsp3) is 0.720. The number of esters is 1. The van der Waals surface area contributed by atoms with E-state index in [9.17, 15) is 23.9 Å². The largest absolute Gasteiger partial charge is 0.449 e. The molecule has 188 valence electrons. The molecule has 4 aliphatic rings. The predicted molar refractivity (Wildman–Crippen MR) is 121 cm³/mol. The first kappa shape index (κ1) is 19.6. The monoisotopic (exact) mass is 505 g/mol. The van der Waals surface area contributed by atoms with Gasteiger partial charge in [-0.15, -0.1) is 0 Å². The van der Waals surface area contributed by atoms with E-state index in [0.717, 1.165) is 12.2 Å². The summed E-state index contributed by atoms with van der Waals surface area (Å²) in [5.41, 5.74) is -8.28. The van der Waals surface area contributed by atoms with Crippen LogP contribution in [-0.2, 0) is 19.1 Å². The highest BCUT2D eigenvalue weighted by atomic mass is 32.2. The zero-order valence-corrected chi connectivity index (χ0v) is 19.9. The first-order valence-corrected chi connectivity index (χ1v) is 12.2. The number of ketones is 1. The van der Waals surface area contributed by atoms with Crippen LogP contribution < -0.4 is 0 Å². The molecule has 0 heterocycles. The van der Waals surface area contributed by atoms with E-state index < -0.39 is 101 Å². The molecule has 9 atom stereocenters. The number of thioether (sulfide) groups is 1. The smallest absolute Gasteiger partial charge is 0.306 e. The standard InChI is InChI=1S/C25H31F3O5S/c1-5-20(31)33-25(21(32)34-12-26)13(2)8-15-16-10-18(27)17-9-14(29)6-7-22(17,3)24(16,28)19(30)11-23(15,25)4/h6-7,9,13,15-16,18-19,30H,5,8,10-12H2,1-4H3/t13-,15?,16?,18+,19+,22+,23+,24+,25+/m1/s1/i1D3,5D2. The van der Waals surface area contributed by atoms with Crippen LogP contribution in [0.2, 0.25) is 0 Å². The number of hydrogen-bond acceptors (Lipinski definition) is 6. The van der Waals surface area contributed by atoms with E-state index in [0.29, 0.717) is 0 Å². The van der Waals surface area contributed by atoms with Crippen molar-refractivity contribution in [3.63, 3.8) is 0 Å². The first-order chi connectivity index (χ1) is 17.8. The van der Waals surface area contributed by atoms with Crippen molar-refractivity contribution in [2.24, 2.45) is 28.6 Å². The molecule has 9 heteroatoms. The van der Waals surface area contributed by atoms with Gasteiger partial charge in [0.25, 0.3) is 0 Å². The molecule has 34 heavy (non-hydrogen) atoms. The Balaban J connectivity index is 1.87. The summed E-state index contributed by atoms with van der Waals surface area (Å²) >= 11 is 0.140. The van der Waals surface area contributed by atoms with E-state index in [1.807, 2.05) is 0 Å². The Morgan fingerprint density at radius 3 is 2.71 bits per heavy atom. The van der Waals surface area contributed by atoms with Crippen LogP contribution in [0.25, 0.3) is 0 Å². The minimum atomic E-state index is -3.53. The van der Waals surface area contributed by atoms with E-state index in [-0.39, 0.29) is 23.8 Å². The van der Waals surface area contributed by atoms with Crippen LogP contribution in [0, 0.1) is 28.6 Å². The molecule has 0 aromatic heterocycles. The number of aliphatic hydroxyl groups is 1. The van der Waals surface area contributed by atoms with Crippen molar-refractivity contribution in [2.75, 3.05) is 6.01 Å². The lowest BCUT2D eigenvalue weighted by Crippen LogP contribution is -2.70. The van der Waals surface area contributed by atoms with Gasteiger partial charge in [-0.2, -0.15) is 0 Å². The van der Waals surface area contributed by atoms with Crippen LogP contribution >= 0.6 is 11.8 Å². The molecule has 0 aromatic carbocycles. The minimum Gasteiger partial charge on any atom is -0.449 e. The summed E-state index contributed by atoms with van der Waals surface area (Å²) in [6, 6.07) is -1.24. The Morgan fingerprint density at radius 2 is 2.06 bits per heavy atom. The second-order valence-corrected chi connectivity index (χ2v) is 11.2. The van der Waals surface area contributed by atoms with Crippen LogP contribution in [0.15, 0.2) is 23.8 Å². The van der Waals surface area contributed by atoms with Gasteiger partial charge in [0, 0.05) is 35.9 Å². The first-order valence-electron chi connectivity index (χ1n) is 13.7. The van der Waals surface area contributed by atoms with Gasteiger partial charge in [-0.25, -0.2) is 13.2 Å². The third-order valence-corrected chi connectivity index (χ3v) is 9.69. The Morgan fingerprint density at radius 1 is 1.35 bits per heavy atom. The topological polar surface area (TPSA) is 80.7 Å². The van der Waals surface area contributed by atoms with Crippen LogP contribution in [0.5, 0.6) is 0 Å². The molecule has 2 unspecified atom stereocenters. The van der Waals surface area contributed by atoms with Gasteiger partial charge in [0.1, 0.15) is 12.2 Å². The Labute approximate surface area is 208 Å². The fourth-order valence-corrected chi connectivity index (χ4v) is 8.34. The van der Waals surface area contributed by atoms with Crippen LogP contribution in [-0.4, -0.2) is 51.5 Å². The lowest BCUT2D eigenvalue weighted by atomic mass is 9.44. The van der Waals surface area contributed by atoms with E-state index in [4.69, 9.17) is 11.6 Å². The summed E-state index contributed by atoms with van der Waals surface area (Å²) in [4.78, 5) is 38.6. The van der Waals surface area contributed by atoms with Crippen molar-refractivity contribution >= 4 is 28.6 Å². The van der Waals surface area contributed by atoms with Crippen molar-refractivity contribution in [1.82, 2.24) is 0 Å². The van der Waals surface area contributed by atoms with Crippen molar-refractivity contribution in [2.45, 2.75) is 76.8 Å². The molecule has 0 radical (unpaired) electrons. The molecular weight excluding hydrogens is 469 g/mol. The number of ether oxygens (including phenoxy) is 1. The predicted octanol–water partition coefficient (Wildman–Crippen LogP) is 4.43. The van der Waals surface area contributed by atoms with Gasteiger partial charge in [-0.3, -0.25) is 14.4 Å². The average molecular weight is 506 g/mol. The molecule has 1 N–H and O–H groups in total. The van der Waals surface area contributed by atoms with Crippen molar-refractivity contribution in [3.8, 4) is 0 Å². The van der Waals surface area contributed by atoms with Crippen LogP contribution in [0.1, 0.15) is 60.1 Å². The second kappa shape index (κ2) is 8.22. The quantitative estimate of drug-likeness (QED) is 0.570. The number of rotatable bonds is 4. The summed E-state index contributed by atoms with van der Waals surface area (Å²) in [5, 5.41) is 10.4. The number of halogens is 3. The zero-order chi connectivity index (χ0) is 29.6. The Hall–Kier alpha value is -1.61. The summed E-state index contributed by atoms with van der Waals surface area (Å²) in [6.45, 7) is 0.830. The maximum atomic E-state index is 17.4. The normalized spacial score (nSPS) is 50.3. The van der Waals surface area contributed by atoms with Crippen molar-refractivity contribution in [3.05, 3.63) is 23.8 Å². The molecular formula is C25H31F3O5S.